The smallest absolute Gasteiger partial charge is 0.128 e. The van der Waals surface area contributed by atoms with Gasteiger partial charge in [0.25, 0.3) is 0 Å². The molecular weight excluding hydrogens is 456 g/mol. The maximum absolute atomic E-state index is 10.7. The summed E-state index contributed by atoms with van der Waals surface area (Å²) in [6, 6.07) is 27.0. The minimum atomic E-state index is -0.957. The van der Waals surface area contributed by atoms with Gasteiger partial charge in [0.2, 0.25) is 0 Å². The summed E-state index contributed by atoms with van der Waals surface area (Å²) < 4.78 is 0. The molecule has 182 valence electrons. The summed E-state index contributed by atoms with van der Waals surface area (Å²) in [6.07, 6.45) is -0.957. The van der Waals surface area contributed by atoms with Crippen molar-refractivity contribution in [1.82, 2.24) is 0 Å². The van der Waals surface area contributed by atoms with Crippen molar-refractivity contribution >= 4 is 11.4 Å². The zero-order valence-corrected chi connectivity index (χ0v) is 19.4. The first-order valence-corrected chi connectivity index (χ1v) is 11.3. The standard InChI is InChI=1S/C29H26N2O5/c32-21-11-13-24(26(35)15-21)28(19-7-3-1-4-8-19)30-17-23(34)18-31-29(20-9-5-2-6-10-20)25-14-12-22(33)16-27(25)36/h1-16,23,32-36H,17-18H2. The van der Waals surface area contributed by atoms with Crippen molar-refractivity contribution in [3.63, 3.8) is 0 Å². The Labute approximate surface area is 208 Å². The Bertz CT molecular complexity index is 1280. The number of hydrogen-bond donors (Lipinski definition) is 5. The van der Waals surface area contributed by atoms with Gasteiger partial charge in [-0.1, -0.05) is 60.7 Å². The highest BCUT2D eigenvalue weighted by molar-refractivity contribution is 6.15. The second-order valence-electron chi connectivity index (χ2n) is 8.17. The van der Waals surface area contributed by atoms with E-state index in [1.165, 1.54) is 24.3 Å². The molecule has 5 N–H and O–H groups in total. The second-order valence-corrected chi connectivity index (χ2v) is 8.17. The Morgan fingerprint density at radius 2 is 0.944 bits per heavy atom. The van der Waals surface area contributed by atoms with Crippen LogP contribution in [0.15, 0.2) is 107 Å². The molecule has 0 saturated heterocycles. The van der Waals surface area contributed by atoms with Crippen LogP contribution in [0.25, 0.3) is 0 Å². The van der Waals surface area contributed by atoms with Crippen LogP contribution in [-0.4, -0.2) is 56.1 Å². The lowest BCUT2D eigenvalue weighted by molar-refractivity contribution is 0.192. The van der Waals surface area contributed by atoms with Gasteiger partial charge >= 0.3 is 0 Å². The molecule has 0 unspecified atom stereocenters. The molecule has 0 aliphatic carbocycles. The number of phenols is 4. The van der Waals surface area contributed by atoms with E-state index in [9.17, 15) is 25.5 Å². The highest BCUT2D eigenvalue weighted by atomic mass is 16.3. The lowest BCUT2D eigenvalue weighted by Crippen LogP contribution is -2.19. The third-order valence-electron chi connectivity index (χ3n) is 5.49. The highest BCUT2D eigenvalue weighted by Gasteiger charge is 2.15. The van der Waals surface area contributed by atoms with Crippen LogP contribution in [0.1, 0.15) is 22.3 Å². The second kappa shape index (κ2) is 11.2. The van der Waals surface area contributed by atoms with Crippen molar-refractivity contribution in [2.45, 2.75) is 6.10 Å². The van der Waals surface area contributed by atoms with Gasteiger partial charge in [0, 0.05) is 34.4 Å². The lowest BCUT2D eigenvalue weighted by atomic mass is 10.0. The molecular formula is C29H26N2O5. The van der Waals surface area contributed by atoms with E-state index >= 15 is 0 Å². The van der Waals surface area contributed by atoms with E-state index in [2.05, 4.69) is 9.98 Å². The molecule has 0 amide bonds. The van der Waals surface area contributed by atoms with Crippen LogP contribution in [0.3, 0.4) is 0 Å². The van der Waals surface area contributed by atoms with Gasteiger partial charge < -0.3 is 25.5 Å². The predicted molar refractivity (Wildman–Crippen MR) is 139 cm³/mol. The molecule has 0 spiro atoms. The minimum absolute atomic E-state index is 0.00231. The van der Waals surface area contributed by atoms with Crippen LogP contribution in [0.2, 0.25) is 0 Å². The first kappa shape index (κ1) is 24.5. The Morgan fingerprint density at radius 3 is 1.31 bits per heavy atom. The number of aliphatic hydroxyl groups excluding tert-OH is 1. The van der Waals surface area contributed by atoms with Crippen molar-refractivity contribution in [2.24, 2.45) is 9.98 Å². The van der Waals surface area contributed by atoms with E-state index in [1.807, 2.05) is 60.7 Å². The average Bonchev–Trinajstić information content (AvgIpc) is 2.87. The van der Waals surface area contributed by atoms with Crippen molar-refractivity contribution in [2.75, 3.05) is 13.1 Å². The van der Waals surface area contributed by atoms with E-state index in [0.717, 1.165) is 11.1 Å². The van der Waals surface area contributed by atoms with Crippen LogP contribution in [-0.2, 0) is 0 Å². The number of aliphatic imine (C=N–C) groups is 2. The van der Waals surface area contributed by atoms with Gasteiger partial charge in [0.1, 0.15) is 23.0 Å². The molecule has 0 aliphatic heterocycles. The molecule has 0 bridgehead atoms. The number of aromatic hydroxyl groups is 4. The van der Waals surface area contributed by atoms with Crippen LogP contribution >= 0.6 is 0 Å². The van der Waals surface area contributed by atoms with Crippen LogP contribution in [0.5, 0.6) is 23.0 Å². The summed E-state index contributed by atoms with van der Waals surface area (Å²) in [6.45, 7) is -0.00462. The van der Waals surface area contributed by atoms with Crippen molar-refractivity contribution in [3.8, 4) is 23.0 Å². The molecule has 0 radical (unpaired) electrons. The topological polar surface area (TPSA) is 126 Å². The number of rotatable bonds is 8. The highest BCUT2D eigenvalue weighted by Crippen LogP contribution is 2.27. The normalized spacial score (nSPS) is 12.9. The molecule has 4 aromatic rings. The lowest BCUT2D eigenvalue weighted by Gasteiger charge is -2.13. The Kier molecular flexibility index (Phi) is 7.63. The van der Waals surface area contributed by atoms with Gasteiger partial charge in [-0.05, 0) is 24.3 Å². The maximum atomic E-state index is 10.7. The van der Waals surface area contributed by atoms with Gasteiger partial charge in [0.05, 0.1) is 30.6 Å². The molecule has 7 heteroatoms. The fourth-order valence-corrected chi connectivity index (χ4v) is 3.75. The monoisotopic (exact) mass is 482 g/mol. The summed E-state index contributed by atoms with van der Waals surface area (Å²) in [4.78, 5) is 9.16. The van der Waals surface area contributed by atoms with Crippen LogP contribution in [0.4, 0.5) is 0 Å². The first-order valence-electron chi connectivity index (χ1n) is 11.3. The molecule has 4 aromatic carbocycles. The predicted octanol–water partition coefficient (Wildman–Crippen LogP) is 4.24. The molecule has 36 heavy (non-hydrogen) atoms. The quantitative estimate of drug-likeness (QED) is 0.240. The number of phenolic OH excluding ortho intramolecular Hbond substituents is 4. The Hall–Kier alpha value is -4.62. The van der Waals surface area contributed by atoms with Gasteiger partial charge in [0.15, 0.2) is 0 Å². The molecule has 0 aromatic heterocycles. The third-order valence-corrected chi connectivity index (χ3v) is 5.49. The first-order chi connectivity index (χ1) is 17.4. The van der Waals surface area contributed by atoms with Gasteiger partial charge in [-0.3, -0.25) is 9.98 Å². The fraction of sp³-hybridized carbons (Fsp3) is 0.103. The van der Waals surface area contributed by atoms with Crippen LogP contribution in [0, 0.1) is 0 Å². The van der Waals surface area contributed by atoms with Crippen molar-refractivity contribution in [3.05, 3.63) is 119 Å². The van der Waals surface area contributed by atoms with Gasteiger partial charge in [-0.15, -0.1) is 0 Å². The molecule has 0 saturated carbocycles. The van der Waals surface area contributed by atoms with E-state index < -0.39 is 6.10 Å². The average molecular weight is 483 g/mol. The van der Waals surface area contributed by atoms with E-state index in [1.54, 1.807) is 12.1 Å². The summed E-state index contributed by atoms with van der Waals surface area (Å²) in [7, 11) is 0. The summed E-state index contributed by atoms with van der Waals surface area (Å²) in [5, 5.41) is 50.9. The minimum Gasteiger partial charge on any atom is -0.508 e. The maximum Gasteiger partial charge on any atom is 0.128 e. The third kappa shape index (κ3) is 5.89. The molecule has 0 fully saturated rings. The van der Waals surface area contributed by atoms with Crippen molar-refractivity contribution < 1.29 is 25.5 Å². The number of hydrogen-bond acceptors (Lipinski definition) is 7. The number of aliphatic hydroxyl groups is 1. The molecule has 0 heterocycles. The largest absolute Gasteiger partial charge is 0.508 e. The fourth-order valence-electron chi connectivity index (χ4n) is 3.75. The van der Waals surface area contributed by atoms with E-state index in [4.69, 9.17) is 0 Å². The van der Waals surface area contributed by atoms with Crippen molar-refractivity contribution in [1.29, 1.82) is 0 Å². The van der Waals surface area contributed by atoms with E-state index in [-0.39, 0.29) is 36.1 Å². The molecule has 7 nitrogen and oxygen atoms in total. The summed E-state index contributed by atoms with van der Waals surface area (Å²) >= 11 is 0. The molecule has 0 atom stereocenters. The van der Waals surface area contributed by atoms with Gasteiger partial charge in [-0.2, -0.15) is 0 Å². The zero-order valence-electron chi connectivity index (χ0n) is 19.4. The Morgan fingerprint density at radius 1 is 0.556 bits per heavy atom. The van der Waals surface area contributed by atoms with Gasteiger partial charge in [-0.25, -0.2) is 0 Å². The summed E-state index contributed by atoms with van der Waals surface area (Å²) in [5.74, 6) is -0.383. The SMILES string of the molecule is Oc1ccc(C(=NCC(O)CN=C(c2ccccc2)c2ccc(O)cc2O)c2ccccc2)c(O)c1. The summed E-state index contributed by atoms with van der Waals surface area (Å²) in [5.41, 5.74) is 3.27. The molecule has 4 rings (SSSR count). The van der Waals surface area contributed by atoms with Crippen LogP contribution < -0.4 is 0 Å². The molecule has 0 aliphatic rings. The Balaban J connectivity index is 1.63. The number of benzene rings is 4. The zero-order chi connectivity index (χ0) is 25.5. The van der Waals surface area contributed by atoms with E-state index in [0.29, 0.717) is 22.6 Å². The number of nitrogens with zero attached hydrogens (tertiary/aromatic N) is 2.